The van der Waals surface area contributed by atoms with Crippen molar-refractivity contribution in [2.75, 3.05) is 0 Å². The molecular weight excluding hydrogens is 1640 g/mol. The molecule has 0 aliphatic rings. The van der Waals surface area contributed by atoms with Crippen molar-refractivity contribution >= 4 is 194 Å². The molecule has 29 aromatic rings. The van der Waals surface area contributed by atoms with Gasteiger partial charge in [-0.15, -0.1) is 11.3 Å². The summed E-state index contributed by atoms with van der Waals surface area (Å²) in [6, 6.07) is 180. The lowest BCUT2D eigenvalue weighted by atomic mass is 9.91. The Balaban J connectivity index is 0.000000104. The van der Waals surface area contributed by atoms with Crippen LogP contribution in [0.25, 0.3) is 256 Å². The zero-order chi connectivity index (χ0) is 88.0. The van der Waals surface area contributed by atoms with Crippen LogP contribution in [0.3, 0.4) is 0 Å². The van der Waals surface area contributed by atoms with Crippen molar-refractivity contribution < 1.29 is 0 Å². The third-order valence-corrected chi connectivity index (χ3v) is 29.2. The fourth-order valence-electron chi connectivity index (χ4n) is 21.7. The van der Waals surface area contributed by atoms with E-state index in [2.05, 4.69) is 514 Å². The van der Waals surface area contributed by atoms with Gasteiger partial charge in [0.2, 0.25) is 0 Å². The molecule has 0 bridgehead atoms. The summed E-state index contributed by atoms with van der Waals surface area (Å²) in [5, 5.41) is 27.9. The fraction of sp³-hybridized carbons (Fsp3) is 0. The molecule has 624 valence electrons. The minimum Gasteiger partial charge on any atom is -0.309 e. The molecule has 134 heavy (non-hydrogen) atoms. The molecule has 0 saturated carbocycles. The number of fused-ring (bicyclic) bond motifs is 23. The van der Waals surface area contributed by atoms with E-state index in [0.29, 0.717) is 0 Å². The lowest BCUT2D eigenvalue weighted by Gasteiger charge is -2.14. The molecular formula is C128H81N5S. The Morgan fingerprint density at radius 2 is 0.403 bits per heavy atom. The van der Waals surface area contributed by atoms with E-state index in [0.717, 1.165) is 0 Å². The summed E-state index contributed by atoms with van der Waals surface area (Å²) in [6.07, 6.45) is 0. The van der Waals surface area contributed by atoms with Crippen LogP contribution >= 0.6 is 11.3 Å². The molecule has 6 heterocycles. The average molecular weight is 1720 g/mol. The first kappa shape index (κ1) is 76.6. The standard InChI is InChI=1S/C50H32N2.C44H28N2.C34H21NS/c1-2-14-37(15-3-1)51-48-21-11-9-19-44(48)46-31-35(24-29-49(46)51)39-27-28-40(42-17-7-6-16-41(39)42)36-23-26-45-43-18-8-10-20-47(43)52(50(45)32-36)38-25-22-33-12-4-5-13-34(33)30-38;1-3-11-31-25-35(21-17-29(31)9-1)45-42-16-8-6-14-38(42)40-27-33(20-24-43(40)45)34-19-23-39-37-13-5-7-15-41(37)46(44(39)28-34)36-22-18-30-10-2-4-12-32(30)26-36;1-2-9-23-20-25(18-16-22(23)8-1)35-31-14-5-3-10-27(31)28-19-17-24(21-32(28)35)26-12-7-13-30-29-11-4-6-15-33(29)36-34(26)30/h1-32H;1-28H;1-21H. The molecule has 0 aliphatic heterocycles. The molecule has 0 aliphatic carbocycles. The Kier molecular flexibility index (Phi) is 17.8. The van der Waals surface area contributed by atoms with E-state index in [9.17, 15) is 0 Å². The lowest BCUT2D eigenvalue weighted by Crippen LogP contribution is -1.94. The monoisotopic (exact) mass is 1720 g/mol. The minimum absolute atomic E-state index is 1.17. The second kappa shape index (κ2) is 31.2. The van der Waals surface area contributed by atoms with E-state index >= 15 is 0 Å². The van der Waals surface area contributed by atoms with Gasteiger partial charge in [-0.05, 0) is 238 Å². The van der Waals surface area contributed by atoms with Crippen LogP contribution in [0.4, 0.5) is 0 Å². The highest BCUT2D eigenvalue weighted by atomic mass is 32.1. The van der Waals surface area contributed by atoms with E-state index in [1.165, 1.54) is 256 Å². The quantitative estimate of drug-likeness (QED) is 0.138. The van der Waals surface area contributed by atoms with Gasteiger partial charge in [-0.3, -0.25) is 0 Å². The summed E-state index contributed by atoms with van der Waals surface area (Å²) < 4.78 is 14.7. The van der Waals surface area contributed by atoms with E-state index in [1.54, 1.807) is 0 Å². The zero-order valence-corrected chi connectivity index (χ0v) is 73.7. The molecule has 5 nitrogen and oxygen atoms in total. The van der Waals surface area contributed by atoms with Crippen LogP contribution in [0.1, 0.15) is 0 Å². The van der Waals surface area contributed by atoms with Crippen LogP contribution in [0.5, 0.6) is 0 Å². The molecule has 0 saturated heterocycles. The fourth-order valence-corrected chi connectivity index (χ4v) is 23.0. The van der Waals surface area contributed by atoms with Gasteiger partial charge in [0.05, 0.1) is 55.2 Å². The second-order valence-electron chi connectivity index (χ2n) is 35.4. The highest BCUT2D eigenvalue weighted by Crippen LogP contribution is 2.47. The topological polar surface area (TPSA) is 24.6 Å². The van der Waals surface area contributed by atoms with Crippen molar-refractivity contribution in [3.05, 3.63) is 491 Å². The first-order chi connectivity index (χ1) is 66.4. The molecule has 29 rings (SSSR count). The maximum atomic E-state index is 2.43. The maximum absolute atomic E-state index is 2.43. The van der Waals surface area contributed by atoms with Crippen LogP contribution in [0.15, 0.2) is 491 Å². The molecule has 6 aromatic heterocycles. The van der Waals surface area contributed by atoms with Crippen LogP contribution in [0, 0.1) is 0 Å². The highest BCUT2D eigenvalue weighted by Gasteiger charge is 2.23. The number of rotatable bonds is 9. The second-order valence-corrected chi connectivity index (χ2v) is 36.4. The van der Waals surface area contributed by atoms with Gasteiger partial charge < -0.3 is 22.8 Å². The predicted octanol–water partition coefficient (Wildman–Crippen LogP) is 35.3. The number of nitrogens with zero attached hydrogens (tertiary/aromatic N) is 5. The first-order valence-corrected chi connectivity index (χ1v) is 46.9. The molecule has 0 radical (unpaired) electrons. The SMILES string of the molecule is c1ccc(-n2c3ccccc3c3cc(-c4ccc(-c5ccc6c7ccccc7n(-c7ccc8ccccc8c7)c6c5)c5ccccc45)ccc32)cc1.c1ccc2cc(-n3c4ccccc4c4cc(-c5ccc6c7ccccc7n(-c7ccc8ccccc8c7)c6c5)ccc43)ccc2c1.c1ccc2cc(-n3c4ccccc4c4ccc(-c5cccc6c5sc5ccccc56)cc43)ccc2c1. The molecule has 0 N–H and O–H groups in total. The third-order valence-electron chi connectivity index (χ3n) is 27.9. The number of hydrogen-bond acceptors (Lipinski definition) is 1. The van der Waals surface area contributed by atoms with Crippen LogP contribution in [0.2, 0.25) is 0 Å². The Labute approximate surface area is 775 Å². The summed E-state index contributed by atoms with van der Waals surface area (Å²) in [6.45, 7) is 0. The van der Waals surface area contributed by atoms with E-state index < -0.39 is 0 Å². The number of aromatic nitrogens is 5. The first-order valence-electron chi connectivity index (χ1n) is 46.1. The Morgan fingerprint density at radius 1 is 0.127 bits per heavy atom. The smallest absolute Gasteiger partial charge is 0.0547 e. The van der Waals surface area contributed by atoms with Crippen LogP contribution in [-0.2, 0) is 0 Å². The molecule has 23 aromatic carbocycles. The number of para-hydroxylation sites is 6. The van der Waals surface area contributed by atoms with Gasteiger partial charge in [0.1, 0.15) is 0 Å². The maximum Gasteiger partial charge on any atom is 0.0547 e. The minimum atomic E-state index is 1.17. The molecule has 0 atom stereocenters. The molecule has 6 heteroatoms. The van der Waals surface area contributed by atoms with E-state index in [4.69, 9.17) is 0 Å². The van der Waals surface area contributed by atoms with Gasteiger partial charge in [0.15, 0.2) is 0 Å². The van der Waals surface area contributed by atoms with Gasteiger partial charge in [0, 0.05) is 102 Å². The molecule has 0 amide bonds. The summed E-state index contributed by atoms with van der Waals surface area (Å²) >= 11 is 1.89. The van der Waals surface area contributed by atoms with Gasteiger partial charge in [-0.25, -0.2) is 0 Å². The van der Waals surface area contributed by atoms with Gasteiger partial charge in [0.25, 0.3) is 0 Å². The summed E-state index contributed by atoms with van der Waals surface area (Å²) in [5.41, 5.74) is 28.0. The molecule has 0 fully saturated rings. The average Bonchev–Trinajstić information content (AvgIpc) is 1.57. The Morgan fingerprint density at radius 3 is 0.836 bits per heavy atom. The van der Waals surface area contributed by atoms with Crippen molar-refractivity contribution in [2.24, 2.45) is 0 Å². The van der Waals surface area contributed by atoms with Crippen molar-refractivity contribution in [3.63, 3.8) is 0 Å². The lowest BCUT2D eigenvalue weighted by molar-refractivity contribution is 1.18. The Hall–Kier alpha value is -17.4. The van der Waals surface area contributed by atoms with Crippen LogP contribution in [-0.4, -0.2) is 22.8 Å². The summed E-state index contributed by atoms with van der Waals surface area (Å²) in [7, 11) is 0. The van der Waals surface area contributed by atoms with Crippen molar-refractivity contribution in [2.45, 2.75) is 0 Å². The molecule has 0 unspecified atom stereocenters. The number of hydrogen-bond donors (Lipinski definition) is 0. The van der Waals surface area contributed by atoms with Gasteiger partial charge in [-0.1, -0.05) is 352 Å². The zero-order valence-electron chi connectivity index (χ0n) is 72.9. The third kappa shape index (κ3) is 12.5. The number of benzene rings is 23. The highest BCUT2D eigenvalue weighted by molar-refractivity contribution is 7.26. The van der Waals surface area contributed by atoms with E-state index in [1.807, 2.05) is 11.3 Å². The van der Waals surface area contributed by atoms with Crippen molar-refractivity contribution in [3.8, 4) is 72.9 Å². The molecule has 0 spiro atoms. The van der Waals surface area contributed by atoms with E-state index in [-0.39, 0.29) is 0 Å². The normalized spacial score (nSPS) is 11.9. The Bertz CT molecular complexity index is 9880. The summed E-state index contributed by atoms with van der Waals surface area (Å²) in [4.78, 5) is 0. The van der Waals surface area contributed by atoms with Crippen LogP contribution < -0.4 is 0 Å². The van der Waals surface area contributed by atoms with Gasteiger partial charge >= 0.3 is 0 Å². The number of thiophene rings is 1. The van der Waals surface area contributed by atoms with Gasteiger partial charge in [-0.2, -0.15) is 0 Å². The van der Waals surface area contributed by atoms with Crippen molar-refractivity contribution in [1.29, 1.82) is 0 Å². The summed E-state index contributed by atoms with van der Waals surface area (Å²) in [5.74, 6) is 0. The van der Waals surface area contributed by atoms with Crippen molar-refractivity contribution in [1.82, 2.24) is 22.8 Å². The predicted molar refractivity (Wildman–Crippen MR) is 573 cm³/mol. The largest absolute Gasteiger partial charge is 0.309 e.